The normalized spacial score (nSPS) is 18.6. The van der Waals surface area contributed by atoms with Gasteiger partial charge in [0, 0.05) is 37.6 Å². The zero-order chi connectivity index (χ0) is 25.7. The Kier molecular flexibility index (Phi) is 7.64. The average molecular weight is 517 g/mol. The number of para-hydroxylation sites is 1. The molecule has 192 valence electrons. The van der Waals surface area contributed by atoms with Crippen LogP contribution in [0.5, 0.6) is 0 Å². The third kappa shape index (κ3) is 6.25. The first-order valence-electron chi connectivity index (χ1n) is 12.6. The Balaban J connectivity index is 1.26. The Morgan fingerprint density at radius 2 is 1.57 bits per heavy atom. The fourth-order valence-corrected chi connectivity index (χ4v) is 5.99. The van der Waals surface area contributed by atoms with Gasteiger partial charge in [-0.15, -0.1) is 0 Å². The van der Waals surface area contributed by atoms with E-state index < -0.39 is 10.0 Å². The molecule has 0 amide bonds. The highest BCUT2D eigenvalue weighted by molar-refractivity contribution is 7.89. The predicted molar refractivity (Wildman–Crippen MR) is 147 cm³/mol. The fraction of sp³-hybridized carbons (Fsp3) is 0.286. The monoisotopic (exact) mass is 516 g/mol. The van der Waals surface area contributed by atoms with Crippen LogP contribution in [0, 0.1) is 5.92 Å². The second kappa shape index (κ2) is 11.2. The highest BCUT2D eigenvalue weighted by Gasteiger charge is 2.29. The molecule has 3 aromatic carbocycles. The minimum absolute atomic E-state index is 0.0995. The Morgan fingerprint density at radius 1 is 0.865 bits per heavy atom. The topological polar surface area (TPSA) is 113 Å². The molecule has 0 saturated carbocycles. The van der Waals surface area contributed by atoms with Crippen molar-refractivity contribution >= 4 is 32.7 Å². The SMILES string of the molecule is Nc1nc(NCC2CCC(CNS(=O)(=O)c3ccccc3)N(Cc3ccccc3)C2)nc2ccccc12. The number of aromatic nitrogens is 2. The highest BCUT2D eigenvalue weighted by atomic mass is 32.2. The number of hydrogen-bond donors (Lipinski definition) is 3. The number of piperidine rings is 1. The fourth-order valence-electron chi connectivity index (χ4n) is 4.90. The molecule has 0 aliphatic carbocycles. The summed E-state index contributed by atoms with van der Waals surface area (Å²) in [5.41, 5.74) is 8.17. The van der Waals surface area contributed by atoms with E-state index in [1.807, 2.05) is 48.5 Å². The van der Waals surface area contributed by atoms with Gasteiger partial charge in [-0.1, -0.05) is 60.7 Å². The molecule has 1 saturated heterocycles. The summed E-state index contributed by atoms with van der Waals surface area (Å²) in [6.45, 7) is 2.68. The van der Waals surface area contributed by atoms with E-state index in [4.69, 9.17) is 5.73 Å². The lowest BCUT2D eigenvalue weighted by molar-refractivity contribution is 0.106. The van der Waals surface area contributed by atoms with Gasteiger partial charge in [-0.3, -0.25) is 4.90 Å². The number of rotatable bonds is 9. The van der Waals surface area contributed by atoms with Crippen molar-refractivity contribution < 1.29 is 8.42 Å². The van der Waals surface area contributed by atoms with Gasteiger partial charge < -0.3 is 11.1 Å². The zero-order valence-corrected chi connectivity index (χ0v) is 21.4. The predicted octanol–water partition coefficient (Wildman–Crippen LogP) is 3.88. The Morgan fingerprint density at radius 3 is 2.35 bits per heavy atom. The average Bonchev–Trinajstić information content (AvgIpc) is 2.92. The maximum atomic E-state index is 12.8. The molecule has 1 fully saturated rings. The number of nitrogen functional groups attached to an aromatic ring is 1. The van der Waals surface area contributed by atoms with Crippen LogP contribution in [0.3, 0.4) is 0 Å². The summed E-state index contributed by atoms with van der Waals surface area (Å²) < 4.78 is 28.5. The lowest BCUT2D eigenvalue weighted by Crippen LogP contribution is -2.49. The van der Waals surface area contributed by atoms with Gasteiger partial charge in [0.15, 0.2) is 0 Å². The molecule has 4 N–H and O–H groups in total. The van der Waals surface area contributed by atoms with Gasteiger partial charge in [-0.2, -0.15) is 4.98 Å². The molecule has 2 unspecified atom stereocenters. The van der Waals surface area contributed by atoms with Crippen LogP contribution in [-0.4, -0.2) is 49.0 Å². The van der Waals surface area contributed by atoms with Gasteiger partial charge in [-0.05, 0) is 48.6 Å². The molecule has 5 rings (SSSR count). The number of hydrogen-bond acceptors (Lipinski definition) is 7. The molecule has 1 aromatic heterocycles. The lowest BCUT2D eigenvalue weighted by atomic mass is 9.92. The van der Waals surface area contributed by atoms with Crippen LogP contribution in [0.15, 0.2) is 89.8 Å². The number of nitrogens with one attached hydrogen (secondary N) is 2. The van der Waals surface area contributed by atoms with Gasteiger partial charge in [0.1, 0.15) is 5.82 Å². The number of nitrogens with zero attached hydrogens (tertiary/aromatic N) is 3. The number of anilines is 2. The summed E-state index contributed by atoms with van der Waals surface area (Å²) in [5, 5.41) is 4.23. The number of likely N-dealkylation sites (tertiary alicyclic amines) is 1. The number of benzene rings is 3. The molecule has 1 aliphatic heterocycles. The van der Waals surface area contributed by atoms with Crippen molar-refractivity contribution in [3.8, 4) is 0 Å². The van der Waals surface area contributed by atoms with Crippen LogP contribution in [-0.2, 0) is 16.6 Å². The molecule has 4 aromatic rings. The van der Waals surface area contributed by atoms with Crippen LogP contribution in [0.1, 0.15) is 18.4 Å². The first kappa shape index (κ1) is 25.1. The highest BCUT2D eigenvalue weighted by Crippen LogP contribution is 2.25. The van der Waals surface area contributed by atoms with Crippen LogP contribution >= 0.6 is 0 Å². The number of nitrogens with two attached hydrogens (primary N) is 1. The molecule has 2 atom stereocenters. The van der Waals surface area contributed by atoms with E-state index in [-0.39, 0.29) is 10.9 Å². The molecule has 0 bridgehead atoms. The molecule has 1 aliphatic rings. The minimum Gasteiger partial charge on any atom is -0.383 e. The van der Waals surface area contributed by atoms with Gasteiger partial charge in [0.2, 0.25) is 16.0 Å². The van der Waals surface area contributed by atoms with E-state index in [0.717, 1.165) is 36.8 Å². The molecule has 0 spiro atoms. The van der Waals surface area contributed by atoms with Gasteiger partial charge >= 0.3 is 0 Å². The maximum Gasteiger partial charge on any atom is 0.240 e. The second-order valence-electron chi connectivity index (χ2n) is 9.51. The molecule has 37 heavy (non-hydrogen) atoms. The summed E-state index contributed by atoms with van der Waals surface area (Å²) in [6.07, 6.45) is 1.86. The van der Waals surface area contributed by atoms with Crippen LogP contribution in [0.25, 0.3) is 10.9 Å². The van der Waals surface area contributed by atoms with Crippen molar-refractivity contribution in [2.24, 2.45) is 5.92 Å². The maximum absolute atomic E-state index is 12.8. The van der Waals surface area contributed by atoms with Crippen LogP contribution in [0.2, 0.25) is 0 Å². The van der Waals surface area contributed by atoms with Crippen LogP contribution < -0.4 is 15.8 Å². The van der Waals surface area contributed by atoms with E-state index in [0.29, 0.717) is 30.8 Å². The first-order valence-corrected chi connectivity index (χ1v) is 14.0. The van der Waals surface area contributed by atoms with Crippen LogP contribution in [0.4, 0.5) is 11.8 Å². The summed E-state index contributed by atoms with van der Waals surface area (Å²) in [6, 6.07) is 26.6. The van der Waals surface area contributed by atoms with Gasteiger partial charge in [0.05, 0.1) is 10.4 Å². The third-order valence-electron chi connectivity index (χ3n) is 6.89. The summed E-state index contributed by atoms with van der Waals surface area (Å²) in [4.78, 5) is 11.7. The summed E-state index contributed by atoms with van der Waals surface area (Å²) in [7, 11) is -3.56. The minimum atomic E-state index is -3.56. The Hall–Kier alpha value is -3.53. The standard InChI is InChI=1S/C28H32N6O2S/c29-27-25-13-7-8-14-26(25)32-28(33-27)30-17-22-15-16-23(34(20-22)19-21-9-3-1-4-10-21)18-31-37(35,36)24-11-5-2-6-12-24/h1-14,22-23,31H,15-20H2,(H3,29,30,32,33). The van der Waals surface area contributed by atoms with Crippen molar-refractivity contribution in [1.82, 2.24) is 19.6 Å². The second-order valence-corrected chi connectivity index (χ2v) is 11.3. The van der Waals surface area contributed by atoms with E-state index >= 15 is 0 Å². The zero-order valence-electron chi connectivity index (χ0n) is 20.6. The third-order valence-corrected chi connectivity index (χ3v) is 8.33. The Labute approximate surface area is 218 Å². The molecular formula is C28H32N6O2S. The first-order chi connectivity index (χ1) is 18.0. The molecule has 9 heteroatoms. The molecule has 0 radical (unpaired) electrons. The lowest BCUT2D eigenvalue weighted by Gasteiger charge is -2.40. The van der Waals surface area contributed by atoms with Crippen molar-refractivity contribution in [3.63, 3.8) is 0 Å². The number of sulfonamides is 1. The van der Waals surface area contributed by atoms with E-state index in [1.54, 1.807) is 24.3 Å². The Bertz CT molecular complexity index is 1430. The molecule has 8 nitrogen and oxygen atoms in total. The van der Waals surface area contributed by atoms with Crippen molar-refractivity contribution in [3.05, 3.63) is 90.5 Å². The smallest absolute Gasteiger partial charge is 0.240 e. The van der Waals surface area contributed by atoms with Gasteiger partial charge in [-0.25, -0.2) is 18.1 Å². The summed E-state index contributed by atoms with van der Waals surface area (Å²) >= 11 is 0. The van der Waals surface area contributed by atoms with E-state index in [2.05, 4.69) is 37.0 Å². The summed E-state index contributed by atoms with van der Waals surface area (Å²) in [5.74, 6) is 1.36. The van der Waals surface area contributed by atoms with Crippen molar-refractivity contribution in [2.45, 2.75) is 30.3 Å². The van der Waals surface area contributed by atoms with E-state index in [9.17, 15) is 8.42 Å². The number of fused-ring (bicyclic) bond motifs is 1. The van der Waals surface area contributed by atoms with Crippen molar-refractivity contribution in [2.75, 3.05) is 30.7 Å². The molecular weight excluding hydrogens is 484 g/mol. The largest absolute Gasteiger partial charge is 0.383 e. The quantitative estimate of drug-likeness (QED) is 0.309. The molecule has 2 heterocycles. The van der Waals surface area contributed by atoms with Gasteiger partial charge in [0.25, 0.3) is 0 Å². The van der Waals surface area contributed by atoms with Crippen molar-refractivity contribution in [1.29, 1.82) is 0 Å². The van der Waals surface area contributed by atoms with E-state index in [1.165, 1.54) is 5.56 Å².